The molecule has 0 unspecified atom stereocenters. The van der Waals surface area contributed by atoms with Crippen LogP contribution in [0, 0.1) is 6.92 Å². The molecular formula is C19H16ClN3O2S. The molecule has 0 fully saturated rings. The molecule has 26 heavy (non-hydrogen) atoms. The van der Waals surface area contributed by atoms with Crippen molar-refractivity contribution >= 4 is 40.4 Å². The van der Waals surface area contributed by atoms with Crippen molar-refractivity contribution in [2.75, 3.05) is 5.32 Å². The van der Waals surface area contributed by atoms with E-state index in [-0.39, 0.29) is 10.6 Å². The Hall–Kier alpha value is -2.70. The number of aromatic nitrogens is 2. The van der Waals surface area contributed by atoms with Crippen LogP contribution in [0.15, 0.2) is 48.4 Å². The molecule has 0 saturated heterocycles. The Morgan fingerprint density at radius 2 is 2.19 bits per heavy atom. The minimum atomic E-state index is -1.06. The Labute approximate surface area is 160 Å². The summed E-state index contributed by atoms with van der Waals surface area (Å²) in [5.74, 6) is 0.229. The molecule has 0 saturated carbocycles. The summed E-state index contributed by atoms with van der Waals surface area (Å²) >= 11 is 7.63. The van der Waals surface area contributed by atoms with Gasteiger partial charge in [-0.3, -0.25) is 0 Å². The highest BCUT2D eigenvalue weighted by molar-refractivity contribution is 7.13. The van der Waals surface area contributed by atoms with Gasteiger partial charge in [-0.1, -0.05) is 23.7 Å². The van der Waals surface area contributed by atoms with Gasteiger partial charge in [0.05, 0.1) is 15.5 Å². The van der Waals surface area contributed by atoms with E-state index in [1.165, 1.54) is 6.07 Å². The third-order valence-corrected chi connectivity index (χ3v) is 4.94. The fourth-order valence-corrected chi connectivity index (χ4v) is 3.43. The van der Waals surface area contributed by atoms with Crippen LogP contribution in [0.3, 0.4) is 0 Å². The highest BCUT2D eigenvalue weighted by Gasteiger charge is 2.14. The molecule has 0 spiro atoms. The zero-order valence-corrected chi connectivity index (χ0v) is 15.6. The molecule has 3 rings (SSSR count). The number of hydrogen-bond acceptors (Lipinski definition) is 5. The Morgan fingerprint density at radius 3 is 2.81 bits per heavy atom. The molecule has 0 atom stereocenters. The van der Waals surface area contributed by atoms with Crippen molar-refractivity contribution in [2.24, 2.45) is 0 Å². The fourth-order valence-electron chi connectivity index (χ4n) is 2.51. The maximum atomic E-state index is 11.1. The van der Waals surface area contributed by atoms with Crippen molar-refractivity contribution in [3.05, 3.63) is 70.2 Å². The minimum Gasteiger partial charge on any atom is -0.478 e. The molecule has 0 aliphatic heterocycles. The topological polar surface area (TPSA) is 75.1 Å². The standard InChI is InChI=1S/C19H16ClN3O2S/c1-3-5-13-11(2)21-18(16-6-4-9-26-16)23-17(13)22-12-7-8-14(19(24)25)15(20)10-12/h3-4,6-10H,1,5H2,2H3,(H,24,25)(H,21,22,23). The van der Waals surface area contributed by atoms with Crippen LogP contribution in [0.25, 0.3) is 10.7 Å². The molecule has 132 valence electrons. The molecule has 2 heterocycles. The van der Waals surface area contributed by atoms with E-state index in [0.29, 0.717) is 23.8 Å². The zero-order chi connectivity index (χ0) is 18.7. The lowest BCUT2D eigenvalue weighted by molar-refractivity contribution is 0.0697. The molecular weight excluding hydrogens is 370 g/mol. The number of hydrogen-bond donors (Lipinski definition) is 2. The number of benzene rings is 1. The minimum absolute atomic E-state index is 0.0571. The van der Waals surface area contributed by atoms with Crippen LogP contribution in [-0.2, 0) is 6.42 Å². The van der Waals surface area contributed by atoms with Gasteiger partial charge >= 0.3 is 5.97 Å². The molecule has 1 aromatic carbocycles. The number of carbonyl (C=O) groups is 1. The van der Waals surface area contributed by atoms with Crippen LogP contribution < -0.4 is 5.32 Å². The first-order valence-corrected chi connectivity index (χ1v) is 9.07. The van der Waals surface area contributed by atoms with Crippen molar-refractivity contribution in [1.29, 1.82) is 0 Å². The summed E-state index contributed by atoms with van der Waals surface area (Å²) in [5, 5.41) is 14.5. The highest BCUT2D eigenvalue weighted by atomic mass is 35.5. The number of carboxylic acids is 1. The molecule has 0 aliphatic rings. The Balaban J connectivity index is 2.03. The van der Waals surface area contributed by atoms with Gasteiger partial charge in [0.15, 0.2) is 5.82 Å². The van der Waals surface area contributed by atoms with Crippen molar-refractivity contribution in [3.8, 4) is 10.7 Å². The molecule has 2 N–H and O–H groups in total. The molecule has 0 radical (unpaired) electrons. The third-order valence-electron chi connectivity index (χ3n) is 3.77. The molecule has 2 aromatic heterocycles. The molecule has 0 aliphatic carbocycles. The van der Waals surface area contributed by atoms with E-state index < -0.39 is 5.97 Å². The van der Waals surface area contributed by atoms with Crippen LogP contribution in [0.2, 0.25) is 5.02 Å². The number of rotatable bonds is 6. The number of anilines is 2. The summed E-state index contributed by atoms with van der Waals surface area (Å²) in [6.07, 6.45) is 2.40. The number of nitrogens with one attached hydrogen (secondary N) is 1. The van der Waals surface area contributed by atoms with Crippen molar-refractivity contribution in [1.82, 2.24) is 9.97 Å². The molecule has 3 aromatic rings. The summed E-state index contributed by atoms with van der Waals surface area (Å²) in [6.45, 7) is 5.73. The van der Waals surface area contributed by atoms with Crippen LogP contribution in [0.4, 0.5) is 11.5 Å². The number of aromatic carboxylic acids is 1. The maximum Gasteiger partial charge on any atom is 0.337 e. The van der Waals surface area contributed by atoms with Gasteiger partial charge in [0.25, 0.3) is 0 Å². The lowest BCUT2D eigenvalue weighted by Gasteiger charge is -2.14. The van der Waals surface area contributed by atoms with Crippen molar-refractivity contribution < 1.29 is 9.90 Å². The van der Waals surface area contributed by atoms with E-state index >= 15 is 0 Å². The van der Waals surface area contributed by atoms with Crippen LogP contribution in [-0.4, -0.2) is 21.0 Å². The first kappa shape index (κ1) is 18.1. The molecule has 5 nitrogen and oxygen atoms in total. The van der Waals surface area contributed by atoms with Gasteiger partial charge in [0.1, 0.15) is 5.82 Å². The Morgan fingerprint density at radius 1 is 1.38 bits per heavy atom. The summed E-state index contributed by atoms with van der Waals surface area (Å²) in [4.78, 5) is 21.3. The summed E-state index contributed by atoms with van der Waals surface area (Å²) in [6, 6.07) is 8.62. The normalized spacial score (nSPS) is 10.5. The maximum absolute atomic E-state index is 11.1. The van der Waals surface area contributed by atoms with E-state index in [1.807, 2.05) is 24.4 Å². The average molecular weight is 386 g/mol. The number of carboxylic acid groups (broad SMARTS) is 1. The van der Waals surface area contributed by atoms with Crippen molar-refractivity contribution in [3.63, 3.8) is 0 Å². The Bertz CT molecular complexity index is 971. The lowest BCUT2D eigenvalue weighted by Crippen LogP contribution is -2.05. The van der Waals surface area contributed by atoms with Gasteiger partial charge < -0.3 is 10.4 Å². The number of aryl methyl sites for hydroxylation is 1. The monoisotopic (exact) mass is 385 g/mol. The van der Waals surface area contributed by atoms with Gasteiger partial charge in [-0.25, -0.2) is 14.8 Å². The third kappa shape index (κ3) is 3.76. The predicted octanol–water partition coefficient (Wildman–Crippen LogP) is 5.34. The summed E-state index contributed by atoms with van der Waals surface area (Å²) < 4.78 is 0. The average Bonchev–Trinajstić information content (AvgIpc) is 3.12. The van der Waals surface area contributed by atoms with E-state index in [4.69, 9.17) is 16.7 Å². The molecule has 0 amide bonds. The number of thiophene rings is 1. The lowest BCUT2D eigenvalue weighted by atomic mass is 10.1. The van der Waals surface area contributed by atoms with Gasteiger partial charge in [0.2, 0.25) is 0 Å². The van der Waals surface area contributed by atoms with Crippen LogP contribution >= 0.6 is 22.9 Å². The summed E-state index contributed by atoms with van der Waals surface area (Å²) in [7, 11) is 0. The Kier molecular flexibility index (Phi) is 5.35. The second-order valence-corrected chi connectivity index (χ2v) is 6.91. The number of halogens is 1. The largest absolute Gasteiger partial charge is 0.478 e. The summed E-state index contributed by atoms with van der Waals surface area (Å²) in [5.41, 5.74) is 2.50. The van der Waals surface area contributed by atoms with E-state index in [0.717, 1.165) is 16.1 Å². The van der Waals surface area contributed by atoms with Crippen molar-refractivity contribution in [2.45, 2.75) is 13.3 Å². The highest BCUT2D eigenvalue weighted by Crippen LogP contribution is 2.29. The quantitative estimate of drug-likeness (QED) is 0.560. The van der Waals surface area contributed by atoms with Gasteiger partial charge in [-0.05, 0) is 43.0 Å². The SMILES string of the molecule is C=CCc1c(C)nc(-c2cccs2)nc1Nc1ccc(C(=O)O)c(Cl)c1. The van der Waals surface area contributed by atoms with Gasteiger partial charge in [-0.15, -0.1) is 17.9 Å². The second kappa shape index (κ2) is 7.68. The van der Waals surface area contributed by atoms with E-state index in [9.17, 15) is 4.79 Å². The van der Waals surface area contributed by atoms with Gasteiger partial charge in [-0.2, -0.15) is 0 Å². The molecule has 7 heteroatoms. The number of nitrogens with zero attached hydrogens (tertiary/aromatic N) is 2. The fraction of sp³-hybridized carbons (Fsp3) is 0.105. The van der Waals surface area contributed by atoms with E-state index in [1.54, 1.807) is 29.5 Å². The number of allylic oxidation sites excluding steroid dienone is 1. The van der Waals surface area contributed by atoms with Crippen LogP contribution in [0.1, 0.15) is 21.6 Å². The van der Waals surface area contributed by atoms with Gasteiger partial charge in [0, 0.05) is 16.9 Å². The zero-order valence-electron chi connectivity index (χ0n) is 14.0. The predicted molar refractivity (Wildman–Crippen MR) is 106 cm³/mol. The van der Waals surface area contributed by atoms with Crippen LogP contribution in [0.5, 0.6) is 0 Å². The molecule has 0 bridgehead atoms. The first-order chi connectivity index (χ1) is 12.5. The second-order valence-electron chi connectivity index (χ2n) is 5.55. The van der Waals surface area contributed by atoms with E-state index in [2.05, 4.69) is 21.9 Å². The first-order valence-electron chi connectivity index (χ1n) is 7.81. The smallest absolute Gasteiger partial charge is 0.337 e.